The monoisotopic (exact) mass is 394 g/mol. The molecule has 0 spiro atoms. The first kappa shape index (κ1) is 20.6. The summed E-state index contributed by atoms with van der Waals surface area (Å²) < 4.78 is 0. The van der Waals surface area contributed by atoms with Crippen molar-refractivity contribution in [2.45, 2.75) is 44.9 Å². The molecule has 1 aliphatic rings. The predicted molar refractivity (Wildman–Crippen MR) is 112 cm³/mol. The van der Waals surface area contributed by atoms with Crippen molar-refractivity contribution in [3.05, 3.63) is 59.7 Å². The number of benzene rings is 2. The third-order valence-corrected chi connectivity index (χ3v) is 5.18. The van der Waals surface area contributed by atoms with E-state index < -0.39 is 5.97 Å². The van der Waals surface area contributed by atoms with Gasteiger partial charge in [-0.05, 0) is 55.2 Å². The number of amides is 2. The summed E-state index contributed by atoms with van der Waals surface area (Å²) in [6.45, 7) is 0. The van der Waals surface area contributed by atoms with Gasteiger partial charge in [0, 0.05) is 29.3 Å². The Hall–Kier alpha value is -3.15. The number of aliphatic carboxylic acids is 1. The molecule has 29 heavy (non-hydrogen) atoms. The van der Waals surface area contributed by atoms with Crippen LogP contribution < -0.4 is 10.6 Å². The molecule has 1 fully saturated rings. The van der Waals surface area contributed by atoms with E-state index >= 15 is 0 Å². The third-order valence-electron chi connectivity index (χ3n) is 5.18. The summed E-state index contributed by atoms with van der Waals surface area (Å²) in [7, 11) is 0. The van der Waals surface area contributed by atoms with Crippen LogP contribution in [0.25, 0.3) is 0 Å². The highest BCUT2D eigenvalue weighted by Gasteiger charge is 2.21. The van der Waals surface area contributed by atoms with E-state index in [4.69, 9.17) is 5.11 Å². The number of carboxylic acids is 1. The molecular weight excluding hydrogens is 368 g/mol. The summed E-state index contributed by atoms with van der Waals surface area (Å²) in [5, 5.41) is 14.6. The molecule has 6 nitrogen and oxygen atoms in total. The second-order valence-corrected chi connectivity index (χ2v) is 7.45. The van der Waals surface area contributed by atoms with Gasteiger partial charge in [-0.2, -0.15) is 0 Å². The zero-order valence-corrected chi connectivity index (χ0v) is 16.3. The molecule has 0 bridgehead atoms. The van der Waals surface area contributed by atoms with E-state index in [2.05, 4.69) is 10.6 Å². The second kappa shape index (κ2) is 9.87. The summed E-state index contributed by atoms with van der Waals surface area (Å²) in [4.78, 5) is 35.8. The van der Waals surface area contributed by atoms with Crippen molar-refractivity contribution in [1.29, 1.82) is 0 Å². The van der Waals surface area contributed by atoms with Crippen molar-refractivity contribution in [3.63, 3.8) is 0 Å². The molecule has 2 aromatic rings. The van der Waals surface area contributed by atoms with Crippen LogP contribution in [0, 0.1) is 5.92 Å². The van der Waals surface area contributed by atoms with Gasteiger partial charge in [-0.15, -0.1) is 0 Å². The lowest BCUT2D eigenvalue weighted by atomic mass is 9.88. The molecule has 1 saturated carbocycles. The van der Waals surface area contributed by atoms with Crippen molar-refractivity contribution in [2.24, 2.45) is 5.92 Å². The Bertz CT molecular complexity index is 888. The summed E-state index contributed by atoms with van der Waals surface area (Å²) >= 11 is 0. The first-order valence-corrected chi connectivity index (χ1v) is 10.0. The van der Waals surface area contributed by atoms with Crippen molar-refractivity contribution < 1.29 is 19.5 Å². The molecule has 2 amide bonds. The second-order valence-electron chi connectivity index (χ2n) is 7.45. The summed E-state index contributed by atoms with van der Waals surface area (Å²) in [6.07, 6.45) is 5.66. The van der Waals surface area contributed by atoms with Gasteiger partial charge in [0.2, 0.25) is 5.91 Å². The van der Waals surface area contributed by atoms with Crippen molar-refractivity contribution in [1.82, 2.24) is 0 Å². The largest absolute Gasteiger partial charge is 0.481 e. The van der Waals surface area contributed by atoms with Crippen molar-refractivity contribution >= 4 is 29.2 Å². The number of anilines is 2. The van der Waals surface area contributed by atoms with Gasteiger partial charge in [0.05, 0.1) is 0 Å². The Balaban J connectivity index is 1.62. The molecule has 3 N–H and O–H groups in total. The average molecular weight is 394 g/mol. The molecule has 3 rings (SSSR count). The molecule has 0 heterocycles. The maximum absolute atomic E-state index is 12.6. The molecule has 0 aromatic heterocycles. The van der Waals surface area contributed by atoms with E-state index in [1.54, 1.807) is 42.5 Å². The Kier molecular flexibility index (Phi) is 7.00. The smallest absolute Gasteiger partial charge is 0.303 e. The highest BCUT2D eigenvalue weighted by atomic mass is 16.4. The Morgan fingerprint density at radius 1 is 0.897 bits per heavy atom. The van der Waals surface area contributed by atoms with Crippen LogP contribution in [0.4, 0.5) is 11.4 Å². The van der Waals surface area contributed by atoms with E-state index in [9.17, 15) is 14.4 Å². The molecule has 1 aliphatic carbocycles. The Morgan fingerprint density at radius 3 is 2.31 bits per heavy atom. The number of hydrogen-bond acceptors (Lipinski definition) is 3. The summed E-state index contributed by atoms with van der Waals surface area (Å²) in [5.74, 6) is -1.07. The van der Waals surface area contributed by atoms with E-state index in [0.29, 0.717) is 23.4 Å². The van der Waals surface area contributed by atoms with Crippen LogP contribution in [0.2, 0.25) is 0 Å². The molecule has 0 unspecified atom stereocenters. The predicted octanol–water partition coefficient (Wildman–Crippen LogP) is 4.47. The molecular formula is C23H26N2O4. The minimum Gasteiger partial charge on any atom is -0.481 e. The SMILES string of the molecule is O=C(O)CCc1cccc(NC(=O)c2cccc(NC(=O)C3CCCCC3)c2)c1. The van der Waals surface area contributed by atoms with Crippen LogP contribution in [-0.2, 0) is 16.0 Å². The fourth-order valence-electron chi connectivity index (χ4n) is 3.61. The van der Waals surface area contributed by atoms with Crippen molar-refractivity contribution in [2.75, 3.05) is 10.6 Å². The number of carbonyl (C=O) groups is 3. The molecule has 152 valence electrons. The lowest BCUT2D eigenvalue weighted by molar-refractivity contribution is -0.137. The molecule has 0 saturated heterocycles. The standard InChI is InChI=1S/C23H26N2O4/c26-21(27)13-12-16-6-4-10-19(14-16)24-23(29)18-9-5-11-20(15-18)25-22(28)17-7-2-1-3-8-17/h4-6,9-11,14-15,17H,1-3,7-8,12-13H2,(H,24,29)(H,25,28)(H,26,27). The van der Waals surface area contributed by atoms with Crippen molar-refractivity contribution in [3.8, 4) is 0 Å². The van der Waals surface area contributed by atoms with Gasteiger partial charge in [-0.25, -0.2) is 0 Å². The molecule has 0 radical (unpaired) electrons. The normalized spacial score (nSPS) is 14.2. The maximum atomic E-state index is 12.6. The van der Waals surface area contributed by atoms with Gasteiger partial charge >= 0.3 is 5.97 Å². The first-order valence-electron chi connectivity index (χ1n) is 10.0. The number of carbonyl (C=O) groups excluding carboxylic acids is 2. The highest BCUT2D eigenvalue weighted by molar-refractivity contribution is 6.05. The van der Waals surface area contributed by atoms with E-state index in [0.717, 1.165) is 31.2 Å². The topological polar surface area (TPSA) is 95.5 Å². The summed E-state index contributed by atoms with van der Waals surface area (Å²) in [5.41, 5.74) is 2.51. The Morgan fingerprint density at radius 2 is 1.59 bits per heavy atom. The maximum Gasteiger partial charge on any atom is 0.303 e. The van der Waals surface area contributed by atoms with E-state index in [-0.39, 0.29) is 24.2 Å². The van der Waals surface area contributed by atoms with E-state index in [1.807, 2.05) is 6.07 Å². The first-order chi connectivity index (χ1) is 14.0. The van der Waals surface area contributed by atoms with Crippen LogP contribution in [0.1, 0.15) is 54.4 Å². The Labute approximate surface area is 170 Å². The fraction of sp³-hybridized carbons (Fsp3) is 0.348. The van der Waals surface area contributed by atoms with Gasteiger partial charge in [0.15, 0.2) is 0 Å². The zero-order chi connectivity index (χ0) is 20.6. The quantitative estimate of drug-likeness (QED) is 0.645. The number of rotatable bonds is 7. The highest BCUT2D eigenvalue weighted by Crippen LogP contribution is 2.25. The van der Waals surface area contributed by atoms with Crippen LogP contribution in [0.5, 0.6) is 0 Å². The number of nitrogens with one attached hydrogen (secondary N) is 2. The third kappa shape index (κ3) is 6.17. The number of aryl methyl sites for hydroxylation is 1. The van der Waals surface area contributed by atoms with Gasteiger partial charge in [0.1, 0.15) is 0 Å². The van der Waals surface area contributed by atoms with Crippen LogP contribution >= 0.6 is 0 Å². The number of carboxylic acid groups (broad SMARTS) is 1. The molecule has 0 aliphatic heterocycles. The van der Waals surface area contributed by atoms with Gasteiger partial charge < -0.3 is 15.7 Å². The lowest BCUT2D eigenvalue weighted by Gasteiger charge is -2.20. The molecule has 0 atom stereocenters. The van der Waals surface area contributed by atoms with Crippen LogP contribution in [0.15, 0.2) is 48.5 Å². The fourth-order valence-corrected chi connectivity index (χ4v) is 3.61. The van der Waals surface area contributed by atoms with Gasteiger partial charge in [-0.3, -0.25) is 14.4 Å². The minimum atomic E-state index is -0.855. The number of hydrogen-bond donors (Lipinski definition) is 3. The molecule has 6 heteroatoms. The van der Waals surface area contributed by atoms with Crippen LogP contribution in [-0.4, -0.2) is 22.9 Å². The summed E-state index contributed by atoms with van der Waals surface area (Å²) in [6, 6.07) is 14.0. The average Bonchev–Trinajstić information content (AvgIpc) is 2.73. The van der Waals surface area contributed by atoms with E-state index in [1.165, 1.54) is 6.42 Å². The minimum absolute atomic E-state index is 0.0217. The van der Waals surface area contributed by atoms with Gasteiger partial charge in [0.25, 0.3) is 5.91 Å². The zero-order valence-electron chi connectivity index (χ0n) is 16.3. The molecule has 2 aromatic carbocycles. The lowest BCUT2D eigenvalue weighted by Crippen LogP contribution is -2.24. The van der Waals surface area contributed by atoms with Gasteiger partial charge in [-0.1, -0.05) is 37.5 Å². The van der Waals surface area contributed by atoms with Crippen LogP contribution in [0.3, 0.4) is 0 Å².